The summed E-state index contributed by atoms with van der Waals surface area (Å²) in [6.07, 6.45) is 3.30. The van der Waals surface area contributed by atoms with E-state index in [4.69, 9.17) is 14.2 Å². The van der Waals surface area contributed by atoms with Crippen molar-refractivity contribution in [3.63, 3.8) is 0 Å². The number of hydrogen-bond donors (Lipinski definition) is 0. The molecule has 0 aliphatic carbocycles. The molecule has 0 aliphatic rings. The van der Waals surface area contributed by atoms with Crippen LogP contribution in [0, 0.1) is 0 Å². The van der Waals surface area contributed by atoms with E-state index in [0.29, 0.717) is 23.8 Å². The minimum Gasteiger partial charge on any atom is -0.493 e. The monoisotopic (exact) mass is 403 g/mol. The van der Waals surface area contributed by atoms with Crippen LogP contribution in [0.15, 0.2) is 78.9 Å². The van der Waals surface area contributed by atoms with Gasteiger partial charge in [0.2, 0.25) is 5.75 Å². The number of carbonyl (C=O) groups excluding carboxylic acids is 1. The van der Waals surface area contributed by atoms with Gasteiger partial charge in [-0.2, -0.15) is 0 Å². The van der Waals surface area contributed by atoms with Crippen molar-refractivity contribution < 1.29 is 19.0 Å². The summed E-state index contributed by atoms with van der Waals surface area (Å²) in [6.45, 7) is 0.475. The second kappa shape index (κ2) is 10.2. The molecule has 0 saturated carbocycles. The highest BCUT2D eigenvalue weighted by atomic mass is 16.5. The molecule has 3 aromatic carbocycles. The van der Waals surface area contributed by atoms with E-state index in [9.17, 15) is 4.79 Å². The Kier molecular flexibility index (Phi) is 7.11. The number of para-hydroxylation sites is 1. The van der Waals surface area contributed by atoms with Crippen LogP contribution in [-0.4, -0.2) is 27.2 Å². The smallest absolute Gasteiger partial charge is 0.251 e. The molecule has 30 heavy (non-hydrogen) atoms. The number of anilines is 1. The van der Waals surface area contributed by atoms with Crippen LogP contribution in [0.1, 0.15) is 11.1 Å². The molecule has 3 aromatic rings. The van der Waals surface area contributed by atoms with Gasteiger partial charge in [0.15, 0.2) is 11.5 Å². The molecule has 0 N–H and O–H groups in total. The highest BCUT2D eigenvalue weighted by Gasteiger charge is 2.15. The number of rotatable bonds is 8. The standard InChI is InChI=1S/C25H25NO4/c1-28-22-16-20(17-23(29-2)25(22)30-3)14-15-24(27)26(21-12-8-5-9-13-21)18-19-10-6-4-7-11-19/h4-17H,18H2,1-3H3. The second-order valence-electron chi connectivity index (χ2n) is 6.54. The van der Waals surface area contributed by atoms with E-state index < -0.39 is 0 Å². The molecule has 0 unspecified atom stereocenters. The average molecular weight is 403 g/mol. The lowest BCUT2D eigenvalue weighted by molar-refractivity contribution is -0.114. The lowest BCUT2D eigenvalue weighted by atomic mass is 10.1. The number of nitrogens with zero attached hydrogens (tertiary/aromatic N) is 1. The van der Waals surface area contributed by atoms with Gasteiger partial charge in [0.05, 0.1) is 27.9 Å². The van der Waals surface area contributed by atoms with Crippen molar-refractivity contribution in [1.29, 1.82) is 0 Å². The predicted octanol–water partition coefficient (Wildman–Crippen LogP) is 4.96. The minimum absolute atomic E-state index is 0.126. The lowest BCUT2D eigenvalue weighted by Crippen LogP contribution is -2.28. The Bertz CT molecular complexity index is 975. The van der Waals surface area contributed by atoms with Crippen molar-refractivity contribution in [1.82, 2.24) is 0 Å². The average Bonchev–Trinajstić information content (AvgIpc) is 2.81. The highest BCUT2D eigenvalue weighted by Crippen LogP contribution is 2.38. The van der Waals surface area contributed by atoms with Gasteiger partial charge >= 0.3 is 0 Å². The van der Waals surface area contributed by atoms with Gasteiger partial charge in [0, 0.05) is 11.8 Å². The van der Waals surface area contributed by atoms with E-state index in [2.05, 4.69) is 0 Å². The third-order valence-electron chi connectivity index (χ3n) is 4.62. The van der Waals surface area contributed by atoms with Gasteiger partial charge in [-0.25, -0.2) is 0 Å². The lowest BCUT2D eigenvalue weighted by Gasteiger charge is -2.21. The van der Waals surface area contributed by atoms with Gasteiger partial charge in [-0.3, -0.25) is 4.79 Å². The SMILES string of the molecule is COc1cc(C=CC(=O)N(Cc2ccccc2)c2ccccc2)cc(OC)c1OC. The molecule has 0 radical (unpaired) electrons. The summed E-state index contributed by atoms with van der Waals surface area (Å²) in [7, 11) is 4.68. The summed E-state index contributed by atoms with van der Waals surface area (Å²) in [4.78, 5) is 14.8. The van der Waals surface area contributed by atoms with Crippen LogP contribution in [0.3, 0.4) is 0 Å². The molecule has 3 rings (SSSR count). The van der Waals surface area contributed by atoms with Crippen LogP contribution in [0.25, 0.3) is 6.08 Å². The molecule has 0 bridgehead atoms. The Morgan fingerprint density at radius 1 is 0.833 bits per heavy atom. The first-order valence-electron chi connectivity index (χ1n) is 9.54. The van der Waals surface area contributed by atoms with E-state index in [0.717, 1.165) is 16.8 Å². The third kappa shape index (κ3) is 5.00. The molecular weight excluding hydrogens is 378 g/mol. The van der Waals surface area contributed by atoms with Crippen molar-refractivity contribution in [2.24, 2.45) is 0 Å². The van der Waals surface area contributed by atoms with Gasteiger partial charge in [0.25, 0.3) is 5.91 Å². The zero-order valence-electron chi connectivity index (χ0n) is 17.4. The Balaban J connectivity index is 1.89. The first kappa shape index (κ1) is 21.0. The normalized spacial score (nSPS) is 10.6. The van der Waals surface area contributed by atoms with E-state index in [-0.39, 0.29) is 5.91 Å². The summed E-state index contributed by atoms with van der Waals surface area (Å²) >= 11 is 0. The minimum atomic E-state index is -0.126. The topological polar surface area (TPSA) is 48.0 Å². The van der Waals surface area contributed by atoms with Crippen molar-refractivity contribution in [3.05, 3.63) is 90.0 Å². The van der Waals surface area contributed by atoms with Crippen molar-refractivity contribution in [2.75, 3.05) is 26.2 Å². The summed E-state index contributed by atoms with van der Waals surface area (Å²) in [5.41, 5.74) is 2.65. The maximum absolute atomic E-state index is 13.1. The molecule has 0 aromatic heterocycles. The molecule has 0 aliphatic heterocycles. The zero-order valence-corrected chi connectivity index (χ0v) is 17.4. The fourth-order valence-electron chi connectivity index (χ4n) is 3.13. The Morgan fingerprint density at radius 2 is 1.40 bits per heavy atom. The number of ether oxygens (including phenoxy) is 3. The summed E-state index contributed by atoms with van der Waals surface area (Å²) in [5.74, 6) is 1.46. The van der Waals surface area contributed by atoms with E-state index in [1.165, 1.54) is 0 Å². The quantitative estimate of drug-likeness (QED) is 0.499. The van der Waals surface area contributed by atoms with Crippen LogP contribution in [0.5, 0.6) is 17.2 Å². The highest BCUT2D eigenvalue weighted by molar-refractivity contribution is 6.03. The largest absolute Gasteiger partial charge is 0.493 e. The molecule has 5 heteroatoms. The fourth-order valence-corrected chi connectivity index (χ4v) is 3.13. The van der Waals surface area contributed by atoms with Gasteiger partial charge in [0.1, 0.15) is 0 Å². The van der Waals surface area contributed by atoms with E-state index in [1.54, 1.807) is 50.5 Å². The molecule has 0 spiro atoms. The van der Waals surface area contributed by atoms with E-state index >= 15 is 0 Å². The third-order valence-corrected chi connectivity index (χ3v) is 4.62. The van der Waals surface area contributed by atoms with Crippen LogP contribution >= 0.6 is 0 Å². The van der Waals surface area contributed by atoms with Crippen molar-refractivity contribution in [2.45, 2.75) is 6.54 Å². The Morgan fingerprint density at radius 3 is 1.93 bits per heavy atom. The predicted molar refractivity (Wildman–Crippen MR) is 119 cm³/mol. The molecule has 0 heterocycles. The summed E-state index contributed by atoms with van der Waals surface area (Å²) in [6, 6.07) is 23.1. The van der Waals surface area contributed by atoms with Crippen LogP contribution in [0.2, 0.25) is 0 Å². The van der Waals surface area contributed by atoms with Gasteiger partial charge in [-0.1, -0.05) is 48.5 Å². The maximum atomic E-state index is 13.1. The first-order valence-corrected chi connectivity index (χ1v) is 9.54. The van der Waals surface area contributed by atoms with Crippen molar-refractivity contribution >= 4 is 17.7 Å². The fraction of sp³-hybridized carbons (Fsp3) is 0.160. The Hall–Kier alpha value is -3.73. The maximum Gasteiger partial charge on any atom is 0.251 e. The zero-order chi connectivity index (χ0) is 21.3. The van der Waals surface area contributed by atoms with Crippen molar-refractivity contribution in [3.8, 4) is 17.2 Å². The molecule has 5 nitrogen and oxygen atoms in total. The Labute approximate surface area is 177 Å². The number of amides is 1. The van der Waals surface area contributed by atoms with E-state index in [1.807, 2.05) is 60.7 Å². The number of methoxy groups -OCH3 is 3. The van der Waals surface area contributed by atoms with Gasteiger partial charge < -0.3 is 19.1 Å². The summed E-state index contributed by atoms with van der Waals surface area (Å²) < 4.78 is 16.1. The molecular formula is C25H25NO4. The number of benzene rings is 3. The molecule has 0 saturated heterocycles. The number of carbonyl (C=O) groups is 1. The van der Waals surface area contributed by atoms with Gasteiger partial charge in [-0.05, 0) is 41.5 Å². The van der Waals surface area contributed by atoms with Crippen LogP contribution in [-0.2, 0) is 11.3 Å². The molecule has 154 valence electrons. The summed E-state index contributed by atoms with van der Waals surface area (Å²) in [5, 5.41) is 0. The first-order chi connectivity index (χ1) is 14.7. The molecule has 0 fully saturated rings. The molecule has 0 atom stereocenters. The number of hydrogen-bond acceptors (Lipinski definition) is 4. The molecule has 1 amide bonds. The van der Waals surface area contributed by atoms with Gasteiger partial charge in [-0.15, -0.1) is 0 Å². The van der Waals surface area contributed by atoms with Crippen LogP contribution in [0.4, 0.5) is 5.69 Å². The second-order valence-corrected chi connectivity index (χ2v) is 6.54. The van der Waals surface area contributed by atoms with Crippen LogP contribution < -0.4 is 19.1 Å².